The molecule has 21 heavy (non-hydrogen) atoms. The Balaban J connectivity index is 2.22. The van der Waals surface area contributed by atoms with Crippen LogP contribution in [0, 0.1) is 6.92 Å². The molecule has 2 aromatic carbocycles. The SMILES string of the molecule is Cc1ccc(-n2nnc(CN)c2-c2ccccc2Cl)cc1. The van der Waals surface area contributed by atoms with E-state index in [4.69, 9.17) is 17.3 Å². The molecule has 0 bridgehead atoms. The summed E-state index contributed by atoms with van der Waals surface area (Å²) in [5.74, 6) is 0. The quantitative estimate of drug-likeness (QED) is 0.806. The van der Waals surface area contributed by atoms with Crippen molar-refractivity contribution in [3.8, 4) is 16.9 Å². The van der Waals surface area contributed by atoms with Crippen LogP contribution in [-0.4, -0.2) is 15.0 Å². The fourth-order valence-electron chi connectivity index (χ4n) is 2.24. The van der Waals surface area contributed by atoms with Gasteiger partial charge >= 0.3 is 0 Å². The van der Waals surface area contributed by atoms with Crippen molar-refractivity contribution in [2.75, 3.05) is 0 Å². The van der Waals surface area contributed by atoms with Crippen LogP contribution in [0.5, 0.6) is 0 Å². The van der Waals surface area contributed by atoms with Crippen LogP contribution in [-0.2, 0) is 6.54 Å². The first-order valence-corrected chi connectivity index (χ1v) is 7.05. The number of aromatic nitrogens is 3. The van der Waals surface area contributed by atoms with Crippen molar-refractivity contribution >= 4 is 11.6 Å². The Morgan fingerprint density at radius 2 is 1.81 bits per heavy atom. The normalized spacial score (nSPS) is 10.8. The highest BCUT2D eigenvalue weighted by molar-refractivity contribution is 6.33. The zero-order chi connectivity index (χ0) is 14.8. The molecule has 0 saturated carbocycles. The number of benzene rings is 2. The molecule has 0 spiro atoms. The Bertz CT molecular complexity index is 762. The van der Waals surface area contributed by atoms with Gasteiger partial charge in [-0.15, -0.1) is 5.10 Å². The Morgan fingerprint density at radius 3 is 2.48 bits per heavy atom. The number of rotatable bonds is 3. The molecule has 1 heterocycles. The lowest BCUT2D eigenvalue weighted by atomic mass is 10.1. The molecule has 4 nitrogen and oxygen atoms in total. The van der Waals surface area contributed by atoms with Crippen molar-refractivity contribution in [2.45, 2.75) is 13.5 Å². The minimum absolute atomic E-state index is 0.312. The first-order valence-electron chi connectivity index (χ1n) is 6.67. The first kappa shape index (κ1) is 13.8. The third kappa shape index (κ3) is 2.55. The van der Waals surface area contributed by atoms with Crippen LogP contribution < -0.4 is 5.73 Å². The molecular formula is C16H15ClN4. The van der Waals surface area contributed by atoms with E-state index < -0.39 is 0 Å². The predicted molar refractivity (Wildman–Crippen MR) is 84.4 cm³/mol. The minimum atomic E-state index is 0.312. The highest BCUT2D eigenvalue weighted by atomic mass is 35.5. The third-order valence-corrected chi connectivity index (χ3v) is 3.67. The van der Waals surface area contributed by atoms with Crippen LogP contribution in [0.15, 0.2) is 48.5 Å². The molecular weight excluding hydrogens is 284 g/mol. The summed E-state index contributed by atoms with van der Waals surface area (Å²) < 4.78 is 1.78. The summed E-state index contributed by atoms with van der Waals surface area (Å²) in [6, 6.07) is 15.7. The topological polar surface area (TPSA) is 56.7 Å². The largest absolute Gasteiger partial charge is 0.325 e. The van der Waals surface area contributed by atoms with E-state index in [0.29, 0.717) is 11.6 Å². The molecule has 0 aliphatic carbocycles. The zero-order valence-corrected chi connectivity index (χ0v) is 12.4. The van der Waals surface area contributed by atoms with Crippen LogP contribution in [0.4, 0.5) is 0 Å². The van der Waals surface area contributed by atoms with Gasteiger partial charge in [-0.2, -0.15) is 0 Å². The van der Waals surface area contributed by atoms with Crippen LogP contribution >= 0.6 is 11.6 Å². The van der Waals surface area contributed by atoms with Gasteiger partial charge in [-0.05, 0) is 25.1 Å². The Hall–Kier alpha value is -2.17. The predicted octanol–water partition coefficient (Wildman–Crippen LogP) is 3.35. The third-order valence-electron chi connectivity index (χ3n) is 3.34. The number of nitrogens with two attached hydrogens (primary N) is 1. The average Bonchev–Trinajstić information content (AvgIpc) is 2.92. The molecule has 1 aromatic heterocycles. The van der Waals surface area contributed by atoms with Crippen molar-refractivity contribution < 1.29 is 0 Å². The lowest BCUT2D eigenvalue weighted by Crippen LogP contribution is -2.03. The summed E-state index contributed by atoms with van der Waals surface area (Å²) in [6.07, 6.45) is 0. The maximum atomic E-state index is 6.32. The molecule has 0 unspecified atom stereocenters. The van der Waals surface area contributed by atoms with E-state index in [-0.39, 0.29) is 0 Å². The summed E-state index contributed by atoms with van der Waals surface area (Å²) in [7, 11) is 0. The molecule has 0 amide bonds. The summed E-state index contributed by atoms with van der Waals surface area (Å²) >= 11 is 6.32. The number of aryl methyl sites for hydroxylation is 1. The molecule has 3 aromatic rings. The highest BCUT2D eigenvalue weighted by Gasteiger charge is 2.17. The summed E-state index contributed by atoms with van der Waals surface area (Å²) in [4.78, 5) is 0. The number of halogens is 1. The van der Waals surface area contributed by atoms with E-state index in [1.807, 2.05) is 55.5 Å². The Kier molecular flexibility index (Phi) is 3.73. The smallest absolute Gasteiger partial charge is 0.105 e. The van der Waals surface area contributed by atoms with E-state index in [9.17, 15) is 0 Å². The van der Waals surface area contributed by atoms with Crippen molar-refractivity contribution in [3.63, 3.8) is 0 Å². The molecule has 106 valence electrons. The van der Waals surface area contributed by atoms with Crippen molar-refractivity contribution in [2.24, 2.45) is 5.73 Å². The summed E-state index contributed by atoms with van der Waals surface area (Å²) in [6.45, 7) is 2.36. The van der Waals surface area contributed by atoms with Gasteiger partial charge in [-0.1, -0.05) is 52.7 Å². The van der Waals surface area contributed by atoms with E-state index in [2.05, 4.69) is 10.3 Å². The van der Waals surface area contributed by atoms with Gasteiger partial charge in [0.05, 0.1) is 10.7 Å². The number of nitrogens with zero attached hydrogens (tertiary/aromatic N) is 3. The lowest BCUT2D eigenvalue weighted by molar-refractivity contribution is 0.799. The van der Waals surface area contributed by atoms with Crippen molar-refractivity contribution in [1.29, 1.82) is 0 Å². The molecule has 0 aliphatic rings. The number of hydrogen-bond donors (Lipinski definition) is 1. The minimum Gasteiger partial charge on any atom is -0.325 e. The van der Waals surface area contributed by atoms with Gasteiger partial charge < -0.3 is 5.73 Å². The van der Waals surface area contributed by atoms with Gasteiger partial charge in [0.2, 0.25) is 0 Å². The molecule has 0 atom stereocenters. The lowest BCUT2D eigenvalue weighted by Gasteiger charge is -2.09. The van der Waals surface area contributed by atoms with E-state index in [1.165, 1.54) is 5.56 Å². The van der Waals surface area contributed by atoms with E-state index >= 15 is 0 Å². The van der Waals surface area contributed by atoms with Crippen LogP contribution in [0.1, 0.15) is 11.3 Å². The molecule has 3 rings (SSSR count). The molecule has 0 radical (unpaired) electrons. The van der Waals surface area contributed by atoms with Crippen molar-refractivity contribution in [1.82, 2.24) is 15.0 Å². The first-order chi connectivity index (χ1) is 10.2. The van der Waals surface area contributed by atoms with Crippen LogP contribution in [0.2, 0.25) is 5.02 Å². The van der Waals surface area contributed by atoms with Gasteiger partial charge in [0.25, 0.3) is 0 Å². The maximum Gasteiger partial charge on any atom is 0.105 e. The Morgan fingerprint density at radius 1 is 1.10 bits per heavy atom. The molecule has 0 fully saturated rings. The monoisotopic (exact) mass is 298 g/mol. The molecule has 0 aliphatic heterocycles. The van der Waals surface area contributed by atoms with Crippen LogP contribution in [0.3, 0.4) is 0 Å². The standard InChI is InChI=1S/C16H15ClN4/c1-11-6-8-12(9-7-11)21-16(15(10-18)19-20-21)13-4-2-3-5-14(13)17/h2-9H,10,18H2,1H3. The molecule has 5 heteroatoms. The Labute approximate surface area is 128 Å². The summed E-state index contributed by atoms with van der Waals surface area (Å²) in [5.41, 5.74) is 10.4. The van der Waals surface area contributed by atoms with Crippen LogP contribution in [0.25, 0.3) is 16.9 Å². The fraction of sp³-hybridized carbons (Fsp3) is 0.125. The second kappa shape index (κ2) is 5.68. The van der Waals surface area contributed by atoms with E-state index in [0.717, 1.165) is 22.6 Å². The van der Waals surface area contributed by atoms with E-state index in [1.54, 1.807) is 4.68 Å². The summed E-state index contributed by atoms with van der Waals surface area (Å²) in [5, 5.41) is 9.07. The number of hydrogen-bond acceptors (Lipinski definition) is 3. The fourth-order valence-corrected chi connectivity index (χ4v) is 2.47. The highest BCUT2D eigenvalue weighted by Crippen LogP contribution is 2.31. The average molecular weight is 299 g/mol. The molecule has 2 N–H and O–H groups in total. The van der Waals surface area contributed by atoms with Gasteiger partial charge in [0, 0.05) is 12.1 Å². The van der Waals surface area contributed by atoms with Crippen molar-refractivity contribution in [3.05, 3.63) is 64.8 Å². The van der Waals surface area contributed by atoms with Gasteiger partial charge in [-0.25, -0.2) is 4.68 Å². The van der Waals surface area contributed by atoms with Gasteiger partial charge in [0.1, 0.15) is 11.4 Å². The molecule has 0 saturated heterocycles. The maximum absolute atomic E-state index is 6.32. The second-order valence-electron chi connectivity index (χ2n) is 4.82. The van der Waals surface area contributed by atoms with Gasteiger partial charge in [-0.3, -0.25) is 0 Å². The second-order valence-corrected chi connectivity index (χ2v) is 5.22. The zero-order valence-electron chi connectivity index (χ0n) is 11.6. The van der Waals surface area contributed by atoms with Gasteiger partial charge in [0.15, 0.2) is 0 Å².